The molecule has 0 aliphatic carbocycles. The molecule has 1 N–H and O–H groups in total. The predicted octanol–water partition coefficient (Wildman–Crippen LogP) is 2.39. The molecule has 1 aromatic carbocycles. The van der Waals surface area contributed by atoms with Crippen molar-refractivity contribution in [1.29, 1.82) is 0 Å². The number of methoxy groups -OCH3 is 2. The number of aryl methyl sites for hydroxylation is 1. The first-order valence-electron chi connectivity index (χ1n) is 7.94. The molecule has 0 aliphatic rings. The minimum Gasteiger partial charge on any atom is -0.469 e. The number of aromatic nitrogens is 2. The molecule has 0 atom stereocenters. The Morgan fingerprint density at radius 1 is 1.19 bits per heavy atom. The number of carbonyl (C=O) groups excluding carboxylic acids is 3. The van der Waals surface area contributed by atoms with Crippen molar-refractivity contribution in [2.45, 2.75) is 6.42 Å². The Balaban J connectivity index is 1.85. The number of nitrogens with zero attached hydrogens (tertiary/aromatic N) is 2. The van der Waals surface area contributed by atoms with Crippen molar-refractivity contribution in [2.24, 2.45) is 7.05 Å². The Morgan fingerprint density at radius 2 is 1.96 bits per heavy atom. The molecular formula is C18H17N3O5S. The van der Waals surface area contributed by atoms with E-state index in [0.29, 0.717) is 5.56 Å². The SMILES string of the molecule is COC(=O)Cc1nc(NC(=O)c2ccc3c(ccn3C)c2)sc1C(=O)OC. The van der Waals surface area contributed by atoms with Crippen LogP contribution < -0.4 is 5.32 Å². The smallest absolute Gasteiger partial charge is 0.350 e. The molecule has 0 radical (unpaired) electrons. The maximum Gasteiger partial charge on any atom is 0.350 e. The molecular weight excluding hydrogens is 370 g/mol. The van der Waals surface area contributed by atoms with Crippen molar-refractivity contribution < 1.29 is 23.9 Å². The molecule has 8 nitrogen and oxygen atoms in total. The van der Waals surface area contributed by atoms with Crippen LogP contribution in [0.4, 0.5) is 5.13 Å². The first-order valence-corrected chi connectivity index (χ1v) is 8.76. The summed E-state index contributed by atoms with van der Waals surface area (Å²) in [5.74, 6) is -1.54. The molecule has 3 rings (SSSR count). The standard InChI is InChI=1S/C18H17N3O5S/c1-21-7-6-10-8-11(4-5-13(10)21)16(23)20-18-19-12(9-14(22)25-2)15(27-18)17(24)26-3/h4-8H,9H2,1-3H3,(H,19,20,23). The molecule has 0 bridgehead atoms. The number of carbonyl (C=O) groups is 3. The van der Waals surface area contributed by atoms with E-state index in [-0.39, 0.29) is 28.0 Å². The molecule has 3 aromatic rings. The summed E-state index contributed by atoms with van der Waals surface area (Å²) in [6.45, 7) is 0. The Kier molecular flexibility index (Phi) is 5.22. The summed E-state index contributed by atoms with van der Waals surface area (Å²) in [5.41, 5.74) is 1.67. The molecule has 0 saturated heterocycles. The van der Waals surface area contributed by atoms with Gasteiger partial charge in [-0.15, -0.1) is 0 Å². The van der Waals surface area contributed by atoms with Gasteiger partial charge in [0.2, 0.25) is 0 Å². The zero-order valence-electron chi connectivity index (χ0n) is 14.9. The number of rotatable bonds is 5. The van der Waals surface area contributed by atoms with Gasteiger partial charge in [0, 0.05) is 29.7 Å². The summed E-state index contributed by atoms with van der Waals surface area (Å²) in [6.07, 6.45) is 1.72. The van der Waals surface area contributed by atoms with Gasteiger partial charge in [-0.1, -0.05) is 11.3 Å². The van der Waals surface area contributed by atoms with Crippen molar-refractivity contribution in [1.82, 2.24) is 9.55 Å². The highest BCUT2D eigenvalue weighted by Gasteiger charge is 2.22. The normalized spacial score (nSPS) is 10.6. The summed E-state index contributed by atoms with van der Waals surface area (Å²) < 4.78 is 11.3. The van der Waals surface area contributed by atoms with Crippen LogP contribution in [0.15, 0.2) is 30.5 Å². The first kappa shape index (κ1) is 18.6. The van der Waals surface area contributed by atoms with Crippen LogP contribution in [0.2, 0.25) is 0 Å². The number of fused-ring (bicyclic) bond motifs is 1. The fourth-order valence-corrected chi connectivity index (χ4v) is 3.47. The quantitative estimate of drug-likeness (QED) is 0.675. The van der Waals surface area contributed by atoms with E-state index in [0.717, 1.165) is 22.2 Å². The van der Waals surface area contributed by atoms with E-state index in [1.807, 2.05) is 29.9 Å². The lowest BCUT2D eigenvalue weighted by Gasteiger charge is -2.03. The average molecular weight is 387 g/mol. The zero-order chi connectivity index (χ0) is 19.6. The molecule has 2 heterocycles. The van der Waals surface area contributed by atoms with Gasteiger partial charge < -0.3 is 14.0 Å². The van der Waals surface area contributed by atoms with E-state index in [2.05, 4.69) is 15.0 Å². The van der Waals surface area contributed by atoms with E-state index in [4.69, 9.17) is 4.74 Å². The molecule has 1 amide bonds. The van der Waals surface area contributed by atoms with Crippen LogP contribution in [0, 0.1) is 0 Å². The summed E-state index contributed by atoms with van der Waals surface area (Å²) in [6, 6.07) is 7.25. The van der Waals surface area contributed by atoms with Crippen molar-refractivity contribution in [3.63, 3.8) is 0 Å². The highest BCUT2D eigenvalue weighted by Crippen LogP contribution is 2.25. The lowest BCUT2D eigenvalue weighted by atomic mass is 10.1. The van der Waals surface area contributed by atoms with Gasteiger partial charge in [0.1, 0.15) is 4.88 Å². The fourth-order valence-electron chi connectivity index (χ4n) is 2.58. The molecule has 2 aromatic heterocycles. The summed E-state index contributed by atoms with van der Waals surface area (Å²) in [4.78, 5) is 40.3. The second-order valence-electron chi connectivity index (χ2n) is 5.69. The number of hydrogen-bond donors (Lipinski definition) is 1. The number of esters is 2. The third-order valence-corrected chi connectivity index (χ3v) is 4.97. The van der Waals surface area contributed by atoms with Crippen LogP contribution in [0.5, 0.6) is 0 Å². The number of hydrogen-bond acceptors (Lipinski definition) is 7. The number of nitrogens with one attached hydrogen (secondary N) is 1. The summed E-state index contributed by atoms with van der Waals surface area (Å²) in [5, 5.41) is 3.80. The van der Waals surface area contributed by atoms with Crippen LogP contribution in [-0.4, -0.2) is 41.6 Å². The van der Waals surface area contributed by atoms with E-state index < -0.39 is 11.9 Å². The van der Waals surface area contributed by atoms with Crippen LogP contribution >= 0.6 is 11.3 Å². The molecule has 0 saturated carbocycles. The van der Waals surface area contributed by atoms with Crippen molar-refractivity contribution in [2.75, 3.05) is 19.5 Å². The van der Waals surface area contributed by atoms with Gasteiger partial charge in [0.15, 0.2) is 5.13 Å². The van der Waals surface area contributed by atoms with Gasteiger partial charge in [0.25, 0.3) is 5.91 Å². The number of benzene rings is 1. The lowest BCUT2D eigenvalue weighted by Crippen LogP contribution is -2.12. The molecule has 9 heteroatoms. The third kappa shape index (κ3) is 3.82. The second-order valence-corrected chi connectivity index (χ2v) is 6.69. The average Bonchev–Trinajstić information content (AvgIpc) is 3.24. The highest BCUT2D eigenvalue weighted by atomic mass is 32.1. The monoisotopic (exact) mass is 387 g/mol. The Labute approximate surface area is 158 Å². The van der Waals surface area contributed by atoms with Gasteiger partial charge in [0.05, 0.1) is 26.3 Å². The molecule has 0 spiro atoms. The Bertz CT molecular complexity index is 1040. The van der Waals surface area contributed by atoms with Crippen LogP contribution in [0.1, 0.15) is 25.7 Å². The molecule has 0 unspecified atom stereocenters. The molecule has 27 heavy (non-hydrogen) atoms. The third-order valence-electron chi connectivity index (χ3n) is 3.98. The number of amides is 1. The maximum absolute atomic E-state index is 12.5. The van der Waals surface area contributed by atoms with Gasteiger partial charge >= 0.3 is 11.9 Å². The zero-order valence-corrected chi connectivity index (χ0v) is 15.8. The Morgan fingerprint density at radius 3 is 2.67 bits per heavy atom. The van der Waals surface area contributed by atoms with Crippen LogP contribution in [-0.2, 0) is 27.7 Å². The van der Waals surface area contributed by atoms with Crippen molar-refractivity contribution in [3.8, 4) is 0 Å². The minimum absolute atomic E-state index is 0.150. The van der Waals surface area contributed by atoms with Crippen molar-refractivity contribution in [3.05, 3.63) is 46.6 Å². The summed E-state index contributed by atoms with van der Waals surface area (Å²) >= 11 is 0.946. The van der Waals surface area contributed by atoms with Gasteiger partial charge in [-0.05, 0) is 24.3 Å². The van der Waals surface area contributed by atoms with E-state index in [1.54, 1.807) is 12.1 Å². The maximum atomic E-state index is 12.5. The number of anilines is 1. The summed E-state index contributed by atoms with van der Waals surface area (Å²) in [7, 11) is 4.40. The largest absolute Gasteiger partial charge is 0.469 e. The first-order chi connectivity index (χ1) is 12.9. The van der Waals surface area contributed by atoms with Gasteiger partial charge in [-0.2, -0.15) is 0 Å². The Hall–Kier alpha value is -3.20. The minimum atomic E-state index is -0.627. The number of thiazole rings is 1. The number of ether oxygens (including phenoxy) is 2. The predicted molar refractivity (Wildman–Crippen MR) is 100 cm³/mol. The van der Waals surface area contributed by atoms with E-state index in [9.17, 15) is 14.4 Å². The van der Waals surface area contributed by atoms with E-state index in [1.165, 1.54) is 14.2 Å². The molecule has 0 aliphatic heterocycles. The van der Waals surface area contributed by atoms with Gasteiger partial charge in [-0.25, -0.2) is 9.78 Å². The van der Waals surface area contributed by atoms with Crippen molar-refractivity contribution >= 4 is 45.2 Å². The molecule has 140 valence electrons. The second kappa shape index (κ2) is 7.58. The van der Waals surface area contributed by atoms with Crippen LogP contribution in [0.25, 0.3) is 10.9 Å². The topological polar surface area (TPSA) is 99.5 Å². The van der Waals surface area contributed by atoms with Gasteiger partial charge in [-0.3, -0.25) is 14.9 Å². The molecule has 0 fully saturated rings. The lowest BCUT2D eigenvalue weighted by molar-refractivity contribution is -0.139. The van der Waals surface area contributed by atoms with Crippen LogP contribution in [0.3, 0.4) is 0 Å². The fraction of sp³-hybridized carbons (Fsp3) is 0.222. The highest BCUT2D eigenvalue weighted by molar-refractivity contribution is 7.17. The van der Waals surface area contributed by atoms with E-state index >= 15 is 0 Å².